The Hall–Kier alpha value is -4.11. The maximum absolute atomic E-state index is 13.7. The van der Waals surface area contributed by atoms with Crippen LogP contribution in [-0.4, -0.2) is 30.1 Å². The predicted molar refractivity (Wildman–Crippen MR) is 140 cm³/mol. The van der Waals surface area contributed by atoms with Gasteiger partial charge in [0.05, 0.1) is 10.4 Å². The van der Waals surface area contributed by atoms with Gasteiger partial charge in [-0.1, -0.05) is 54.1 Å². The molecule has 196 valence electrons. The molecule has 9 heteroatoms. The van der Waals surface area contributed by atoms with Crippen molar-refractivity contribution in [2.24, 2.45) is 5.92 Å². The molecule has 1 fully saturated rings. The van der Waals surface area contributed by atoms with Gasteiger partial charge in [-0.3, -0.25) is 9.59 Å². The quantitative estimate of drug-likeness (QED) is 0.249. The first-order valence-corrected chi connectivity index (χ1v) is 13.6. The maximum Gasteiger partial charge on any atom is 0.323 e. The third-order valence-electron chi connectivity index (χ3n) is 6.34. The van der Waals surface area contributed by atoms with E-state index in [-0.39, 0.29) is 17.9 Å². The topological polar surface area (TPSA) is 101 Å². The minimum Gasteiger partial charge on any atom is -0.488 e. The summed E-state index contributed by atoms with van der Waals surface area (Å²) in [7, 11) is -4.00. The summed E-state index contributed by atoms with van der Waals surface area (Å²) in [4.78, 5) is 25.6. The molecule has 1 aliphatic rings. The number of nitrogens with zero attached hydrogens (tertiary/aromatic N) is 1. The van der Waals surface area contributed by atoms with Crippen molar-refractivity contribution in [3.8, 4) is 5.75 Å². The van der Waals surface area contributed by atoms with Crippen LogP contribution in [0.5, 0.6) is 5.75 Å². The summed E-state index contributed by atoms with van der Waals surface area (Å²) in [6.45, 7) is 5.08. The van der Waals surface area contributed by atoms with E-state index in [2.05, 4.69) is 0 Å². The molecule has 0 radical (unpaired) electrons. The summed E-state index contributed by atoms with van der Waals surface area (Å²) >= 11 is 0. The fourth-order valence-corrected chi connectivity index (χ4v) is 5.85. The Morgan fingerprint density at radius 3 is 2.21 bits per heavy atom. The zero-order valence-electron chi connectivity index (χ0n) is 21.2. The lowest BCUT2D eigenvalue weighted by Gasteiger charge is -2.32. The SMILES string of the molecule is Cc1ccc(S(=O)(=O)n2cc(CC3C(=O)OC(C)(C)OC3=O)c3c(OCc4ccccc4)cccc32)cc1. The molecule has 0 bridgehead atoms. The molecule has 0 unspecified atom stereocenters. The van der Waals surface area contributed by atoms with Crippen LogP contribution >= 0.6 is 0 Å². The smallest absolute Gasteiger partial charge is 0.323 e. The molecule has 4 aromatic rings. The Bertz CT molecular complexity index is 1600. The van der Waals surface area contributed by atoms with Gasteiger partial charge in [0.1, 0.15) is 12.4 Å². The number of ether oxygens (including phenoxy) is 3. The summed E-state index contributed by atoms with van der Waals surface area (Å²) in [5.41, 5.74) is 2.66. The minimum absolute atomic E-state index is 0.111. The summed E-state index contributed by atoms with van der Waals surface area (Å²) in [5.74, 6) is -3.63. The highest BCUT2D eigenvalue weighted by atomic mass is 32.2. The van der Waals surface area contributed by atoms with E-state index < -0.39 is 33.7 Å². The van der Waals surface area contributed by atoms with Gasteiger partial charge in [0.15, 0.2) is 5.92 Å². The molecule has 8 nitrogen and oxygen atoms in total. The normalized spacial score (nSPS) is 15.8. The van der Waals surface area contributed by atoms with Crippen LogP contribution in [-0.2, 0) is 42.1 Å². The van der Waals surface area contributed by atoms with Crippen LogP contribution in [0.3, 0.4) is 0 Å². The molecule has 2 heterocycles. The third kappa shape index (κ3) is 4.89. The second kappa shape index (κ2) is 9.64. The Balaban J connectivity index is 1.62. The molecule has 3 aromatic carbocycles. The highest BCUT2D eigenvalue weighted by Gasteiger charge is 2.43. The Morgan fingerprint density at radius 1 is 0.895 bits per heavy atom. The van der Waals surface area contributed by atoms with Crippen LogP contribution in [0.2, 0.25) is 0 Å². The number of carbonyl (C=O) groups excluding carboxylic acids is 2. The van der Waals surface area contributed by atoms with Crippen molar-refractivity contribution in [1.82, 2.24) is 3.97 Å². The van der Waals surface area contributed by atoms with Gasteiger partial charge in [-0.05, 0) is 48.7 Å². The number of benzene rings is 3. The molecule has 38 heavy (non-hydrogen) atoms. The maximum atomic E-state index is 13.7. The van der Waals surface area contributed by atoms with Crippen LogP contribution in [0, 0.1) is 12.8 Å². The number of hydrogen-bond donors (Lipinski definition) is 0. The Labute approximate surface area is 220 Å². The number of esters is 2. The van der Waals surface area contributed by atoms with Crippen LogP contribution < -0.4 is 4.74 Å². The van der Waals surface area contributed by atoms with Crippen molar-refractivity contribution in [1.29, 1.82) is 0 Å². The van der Waals surface area contributed by atoms with E-state index in [1.807, 2.05) is 37.3 Å². The van der Waals surface area contributed by atoms with Gasteiger partial charge in [-0.25, -0.2) is 12.4 Å². The van der Waals surface area contributed by atoms with Gasteiger partial charge >= 0.3 is 11.9 Å². The molecule has 0 saturated carbocycles. The number of fused-ring (bicyclic) bond motifs is 1. The zero-order valence-corrected chi connectivity index (χ0v) is 22.0. The van der Waals surface area contributed by atoms with Crippen LogP contribution in [0.4, 0.5) is 0 Å². The fourth-order valence-electron chi connectivity index (χ4n) is 4.47. The van der Waals surface area contributed by atoms with E-state index in [0.717, 1.165) is 11.1 Å². The van der Waals surface area contributed by atoms with E-state index in [1.165, 1.54) is 24.0 Å². The first-order chi connectivity index (χ1) is 18.0. The standard InChI is InChI=1S/C29H27NO7S/c1-19-12-14-22(15-13-19)38(33,34)30-17-21(16-23-27(31)36-29(2,3)37-28(23)32)26-24(30)10-7-11-25(26)35-18-20-8-5-4-6-9-20/h4-15,17,23H,16,18H2,1-3H3. The van der Waals surface area contributed by atoms with Crippen molar-refractivity contribution in [3.63, 3.8) is 0 Å². The molecule has 0 N–H and O–H groups in total. The lowest BCUT2D eigenvalue weighted by molar-refractivity contribution is -0.239. The number of hydrogen-bond acceptors (Lipinski definition) is 7. The Morgan fingerprint density at radius 2 is 1.55 bits per heavy atom. The molecule has 0 spiro atoms. The highest BCUT2D eigenvalue weighted by Crippen LogP contribution is 2.36. The average molecular weight is 534 g/mol. The van der Waals surface area contributed by atoms with Gasteiger partial charge < -0.3 is 14.2 Å². The molecular formula is C29H27NO7S. The highest BCUT2D eigenvalue weighted by molar-refractivity contribution is 7.90. The summed E-state index contributed by atoms with van der Waals surface area (Å²) in [6, 6.07) is 21.2. The van der Waals surface area contributed by atoms with Crippen LogP contribution in [0.1, 0.15) is 30.5 Å². The largest absolute Gasteiger partial charge is 0.488 e. The van der Waals surface area contributed by atoms with Crippen molar-refractivity contribution in [3.05, 3.63) is 95.7 Å². The number of aryl methyl sites for hydroxylation is 1. The fraction of sp³-hybridized carbons (Fsp3) is 0.241. The number of rotatable bonds is 7. The van der Waals surface area contributed by atoms with E-state index in [9.17, 15) is 18.0 Å². The van der Waals surface area contributed by atoms with Crippen molar-refractivity contribution >= 4 is 32.9 Å². The molecule has 1 aromatic heterocycles. The van der Waals surface area contributed by atoms with Crippen molar-refractivity contribution in [2.75, 3.05) is 0 Å². The van der Waals surface area contributed by atoms with E-state index >= 15 is 0 Å². The number of cyclic esters (lactones) is 2. The predicted octanol–water partition coefficient (Wildman–Crippen LogP) is 4.76. The summed E-state index contributed by atoms with van der Waals surface area (Å²) < 4.78 is 45.3. The summed E-state index contributed by atoms with van der Waals surface area (Å²) in [6.07, 6.45) is 1.32. The van der Waals surface area contributed by atoms with Gasteiger partial charge in [0, 0.05) is 25.4 Å². The van der Waals surface area contributed by atoms with Gasteiger partial charge in [-0.15, -0.1) is 0 Å². The molecule has 0 amide bonds. The molecule has 1 saturated heterocycles. The number of aromatic nitrogens is 1. The molecule has 5 rings (SSSR count). The van der Waals surface area contributed by atoms with Crippen LogP contribution in [0.25, 0.3) is 10.9 Å². The first-order valence-electron chi connectivity index (χ1n) is 12.1. The van der Waals surface area contributed by atoms with Crippen molar-refractivity contribution < 1.29 is 32.2 Å². The second-order valence-electron chi connectivity index (χ2n) is 9.69. The monoisotopic (exact) mass is 533 g/mol. The van der Waals surface area contributed by atoms with Gasteiger partial charge in [-0.2, -0.15) is 0 Å². The van der Waals surface area contributed by atoms with E-state index in [4.69, 9.17) is 14.2 Å². The molecular weight excluding hydrogens is 506 g/mol. The van der Waals surface area contributed by atoms with Crippen molar-refractivity contribution in [2.45, 2.75) is 44.5 Å². The van der Waals surface area contributed by atoms with Gasteiger partial charge in [0.2, 0.25) is 0 Å². The molecule has 1 aliphatic heterocycles. The molecule has 0 atom stereocenters. The van der Waals surface area contributed by atoms with E-state index in [1.54, 1.807) is 42.5 Å². The lowest BCUT2D eigenvalue weighted by Crippen LogP contribution is -2.46. The number of carbonyl (C=O) groups is 2. The third-order valence-corrected chi connectivity index (χ3v) is 8.02. The Kier molecular flexibility index (Phi) is 6.48. The lowest BCUT2D eigenvalue weighted by atomic mass is 9.97. The minimum atomic E-state index is -4.00. The summed E-state index contributed by atoms with van der Waals surface area (Å²) in [5, 5.41) is 0.490. The van der Waals surface area contributed by atoms with Crippen LogP contribution in [0.15, 0.2) is 83.9 Å². The van der Waals surface area contributed by atoms with Gasteiger partial charge in [0.25, 0.3) is 15.8 Å². The first kappa shape index (κ1) is 25.5. The second-order valence-corrected chi connectivity index (χ2v) is 11.5. The van der Waals surface area contributed by atoms with E-state index in [0.29, 0.717) is 22.2 Å². The molecule has 0 aliphatic carbocycles. The average Bonchev–Trinajstić information content (AvgIpc) is 3.25. The zero-order chi connectivity index (χ0) is 27.1.